The van der Waals surface area contributed by atoms with Gasteiger partial charge < -0.3 is 14.8 Å². The van der Waals surface area contributed by atoms with Gasteiger partial charge in [-0.3, -0.25) is 4.79 Å². The second kappa shape index (κ2) is 7.05. The Kier molecular flexibility index (Phi) is 4.76. The van der Waals surface area contributed by atoms with Crippen LogP contribution in [0.4, 0.5) is 0 Å². The van der Waals surface area contributed by atoms with Gasteiger partial charge in [0.2, 0.25) is 5.88 Å². The molecule has 1 amide bonds. The van der Waals surface area contributed by atoms with Gasteiger partial charge in [-0.15, -0.1) is 0 Å². The summed E-state index contributed by atoms with van der Waals surface area (Å²) in [6.45, 7) is 4.69. The van der Waals surface area contributed by atoms with Crippen molar-refractivity contribution in [1.29, 1.82) is 0 Å². The Balaban J connectivity index is 1.50. The zero-order chi connectivity index (χ0) is 18.3. The van der Waals surface area contributed by atoms with Gasteiger partial charge in [-0.05, 0) is 61.7 Å². The fraction of sp³-hybridized carbons (Fsp3) is 0.750. The van der Waals surface area contributed by atoms with Crippen LogP contribution in [0.1, 0.15) is 56.3 Å². The van der Waals surface area contributed by atoms with E-state index in [0.717, 1.165) is 18.1 Å². The zero-order valence-corrected chi connectivity index (χ0v) is 15.7. The highest BCUT2D eigenvalue weighted by Crippen LogP contribution is 2.53. The summed E-state index contributed by atoms with van der Waals surface area (Å²) in [7, 11) is 0. The molecule has 4 aliphatic rings. The van der Waals surface area contributed by atoms with Crippen LogP contribution in [-0.4, -0.2) is 34.6 Å². The first-order chi connectivity index (χ1) is 12.5. The first-order valence-electron chi connectivity index (χ1n) is 9.98. The molecule has 4 fully saturated rings. The highest BCUT2D eigenvalue weighted by Gasteiger charge is 2.48. The lowest BCUT2D eigenvalue weighted by molar-refractivity contribution is -0.108. The Labute approximate surface area is 154 Å². The first-order valence-corrected chi connectivity index (χ1v) is 9.98. The van der Waals surface area contributed by atoms with Crippen molar-refractivity contribution in [3.8, 4) is 5.88 Å². The molecule has 0 saturated heterocycles. The maximum absolute atomic E-state index is 13.0. The molecule has 1 heterocycles. The fourth-order valence-corrected chi connectivity index (χ4v) is 5.52. The average Bonchev–Trinajstić information content (AvgIpc) is 2.98. The smallest absolute Gasteiger partial charge is 0.258 e. The Morgan fingerprint density at radius 1 is 1.27 bits per heavy atom. The number of aldehydes is 1. The molecule has 0 unspecified atom stereocenters. The molecule has 0 radical (unpaired) electrons. The number of hydrogen-bond acceptors (Lipinski definition) is 4. The first kappa shape index (κ1) is 17.6. The van der Waals surface area contributed by atoms with Gasteiger partial charge in [-0.2, -0.15) is 5.10 Å². The molecule has 4 bridgehead atoms. The van der Waals surface area contributed by atoms with Crippen LogP contribution in [0.2, 0.25) is 0 Å². The van der Waals surface area contributed by atoms with E-state index in [4.69, 9.17) is 4.74 Å². The molecular weight excluding hydrogens is 330 g/mol. The third-order valence-corrected chi connectivity index (χ3v) is 6.36. The zero-order valence-electron chi connectivity index (χ0n) is 15.7. The number of amides is 1. The van der Waals surface area contributed by atoms with Crippen molar-refractivity contribution in [2.75, 3.05) is 6.61 Å². The van der Waals surface area contributed by atoms with E-state index in [-0.39, 0.29) is 18.5 Å². The van der Waals surface area contributed by atoms with E-state index >= 15 is 0 Å². The molecule has 1 aromatic heterocycles. The van der Waals surface area contributed by atoms with Gasteiger partial charge in [0.05, 0.1) is 12.8 Å². The average molecular weight is 359 g/mol. The van der Waals surface area contributed by atoms with E-state index in [9.17, 15) is 9.59 Å². The Morgan fingerprint density at radius 2 is 1.92 bits per heavy atom. The van der Waals surface area contributed by atoms with Crippen molar-refractivity contribution in [2.45, 2.75) is 58.5 Å². The third kappa shape index (κ3) is 3.26. The molecule has 6 nitrogen and oxygen atoms in total. The van der Waals surface area contributed by atoms with Gasteiger partial charge in [0.15, 0.2) is 0 Å². The summed E-state index contributed by atoms with van der Waals surface area (Å²) in [6.07, 6.45) is 8.76. The molecule has 0 aromatic carbocycles. The van der Waals surface area contributed by atoms with Crippen LogP contribution in [0.5, 0.6) is 5.88 Å². The van der Waals surface area contributed by atoms with E-state index in [1.807, 2.05) is 0 Å². The minimum Gasteiger partial charge on any atom is -0.477 e. The lowest BCUT2D eigenvalue weighted by atomic mass is 9.54. The van der Waals surface area contributed by atoms with E-state index in [1.165, 1.54) is 43.0 Å². The molecule has 4 aliphatic carbocycles. The quantitative estimate of drug-likeness (QED) is 0.760. The Bertz CT molecular complexity index is 654. The fourth-order valence-electron chi connectivity index (χ4n) is 5.52. The number of hydrogen-bond donors (Lipinski definition) is 1. The van der Waals surface area contributed by atoms with Gasteiger partial charge in [0, 0.05) is 6.04 Å². The van der Waals surface area contributed by atoms with E-state index in [2.05, 4.69) is 24.3 Å². The predicted molar refractivity (Wildman–Crippen MR) is 96.9 cm³/mol. The van der Waals surface area contributed by atoms with Crippen LogP contribution in [0, 0.1) is 29.6 Å². The maximum atomic E-state index is 13.0. The second-order valence-electron chi connectivity index (χ2n) is 8.85. The van der Waals surface area contributed by atoms with Crippen molar-refractivity contribution in [1.82, 2.24) is 15.1 Å². The maximum Gasteiger partial charge on any atom is 0.258 e. The van der Waals surface area contributed by atoms with Crippen LogP contribution in [0.15, 0.2) is 6.20 Å². The van der Waals surface area contributed by atoms with Gasteiger partial charge in [-0.1, -0.05) is 13.8 Å². The lowest BCUT2D eigenvalue weighted by Crippen LogP contribution is -2.55. The van der Waals surface area contributed by atoms with Gasteiger partial charge in [0.1, 0.15) is 18.4 Å². The molecule has 0 aliphatic heterocycles. The van der Waals surface area contributed by atoms with Gasteiger partial charge in [-0.25, -0.2) is 4.68 Å². The Hall–Kier alpha value is -1.85. The van der Waals surface area contributed by atoms with Crippen LogP contribution in [-0.2, 0) is 11.3 Å². The Morgan fingerprint density at radius 3 is 2.50 bits per heavy atom. The van der Waals surface area contributed by atoms with Crippen molar-refractivity contribution in [3.05, 3.63) is 11.8 Å². The second-order valence-corrected chi connectivity index (χ2v) is 8.85. The van der Waals surface area contributed by atoms with Crippen molar-refractivity contribution in [3.63, 3.8) is 0 Å². The molecule has 26 heavy (non-hydrogen) atoms. The van der Waals surface area contributed by atoms with Crippen molar-refractivity contribution >= 4 is 12.2 Å². The van der Waals surface area contributed by atoms with Gasteiger partial charge >= 0.3 is 0 Å². The standard InChI is InChI=1S/C20H29N3O3/c1-12(2)11-26-20-17(10-21-23(20)3-4-24)19(25)22-18-15-6-13-5-14(8-15)9-16(18)7-13/h4,10,12-16,18H,3,5-9,11H2,1-2H3,(H,22,25). The minimum absolute atomic E-state index is 0.0960. The molecule has 6 heteroatoms. The molecule has 0 atom stereocenters. The summed E-state index contributed by atoms with van der Waals surface area (Å²) in [5, 5.41) is 7.49. The van der Waals surface area contributed by atoms with Crippen LogP contribution in [0.25, 0.3) is 0 Å². The van der Waals surface area contributed by atoms with Crippen LogP contribution < -0.4 is 10.1 Å². The monoisotopic (exact) mass is 359 g/mol. The number of rotatable bonds is 7. The summed E-state index contributed by atoms with van der Waals surface area (Å²) in [4.78, 5) is 23.9. The summed E-state index contributed by atoms with van der Waals surface area (Å²) in [5.74, 6) is 3.64. The third-order valence-electron chi connectivity index (χ3n) is 6.36. The summed E-state index contributed by atoms with van der Waals surface area (Å²) in [6, 6.07) is 0.280. The topological polar surface area (TPSA) is 73.2 Å². The SMILES string of the molecule is CC(C)COc1c(C(=O)NC2C3CC4CC(C3)CC2C4)cnn1CC=O. The van der Waals surface area contributed by atoms with E-state index in [0.29, 0.717) is 35.8 Å². The normalized spacial score (nSPS) is 32.0. The minimum atomic E-state index is -0.113. The molecule has 1 N–H and O–H groups in total. The number of nitrogens with one attached hydrogen (secondary N) is 1. The molecule has 5 rings (SSSR count). The van der Waals surface area contributed by atoms with Crippen molar-refractivity contribution in [2.24, 2.45) is 29.6 Å². The number of carbonyl (C=O) groups excluding carboxylic acids is 2. The number of aromatic nitrogens is 2. The van der Waals surface area contributed by atoms with Crippen LogP contribution in [0.3, 0.4) is 0 Å². The van der Waals surface area contributed by atoms with Crippen LogP contribution >= 0.6 is 0 Å². The highest BCUT2D eigenvalue weighted by molar-refractivity contribution is 5.96. The van der Waals surface area contributed by atoms with E-state index in [1.54, 1.807) is 0 Å². The number of nitrogens with zero attached hydrogens (tertiary/aromatic N) is 2. The van der Waals surface area contributed by atoms with Crippen molar-refractivity contribution < 1.29 is 14.3 Å². The lowest BCUT2D eigenvalue weighted by Gasteiger charge is -2.54. The molecule has 4 saturated carbocycles. The predicted octanol–water partition coefficient (Wildman–Crippen LogP) is 2.67. The highest BCUT2D eigenvalue weighted by atomic mass is 16.5. The summed E-state index contributed by atoms with van der Waals surface area (Å²) >= 11 is 0. The largest absolute Gasteiger partial charge is 0.477 e. The summed E-state index contributed by atoms with van der Waals surface area (Å²) in [5.41, 5.74) is 0.446. The molecule has 1 aromatic rings. The van der Waals surface area contributed by atoms with E-state index < -0.39 is 0 Å². The number of carbonyl (C=O) groups is 2. The molecule has 0 spiro atoms. The molecule has 142 valence electrons. The molecular formula is C20H29N3O3. The van der Waals surface area contributed by atoms with Gasteiger partial charge in [0.25, 0.3) is 5.91 Å². The number of ether oxygens (including phenoxy) is 1. The summed E-state index contributed by atoms with van der Waals surface area (Å²) < 4.78 is 7.30.